The molecule has 5 heteroatoms. The van der Waals surface area contributed by atoms with Crippen LogP contribution in [0.3, 0.4) is 0 Å². The predicted octanol–water partition coefficient (Wildman–Crippen LogP) is -0.861. The molecule has 0 unspecified atom stereocenters. The highest BCUT2D eigenvalue weighted by molar-refractivity contribution is 7.48. The minimum absolute atomic E-state index is 0.107. The summed E-state index contributed by atoms with van der Waals surface area (Å²) in [5.74, 6) is -0.107. The van der Waals surface area contributed by atoms with Crippen molar-refractivity contribution >= 4 is 19.2 Å². The molecule has 0 aromatic carbocycles. The van der Waals surface area contributed by atoms with Crippen molar-refractivity contribution in [2.75, 3.05) is 12.0 Å². The summed E-state index contributed by atoms with van der Waals surface area (Å²) in [4.78, 5) is 19.2. The lowest BCUT2D eigenvalue weighted by Crippen LogP contribution is -2.17. The van der Waals surface area contributed by atoms with Crippen molar-refractivity contribution in [2.24, 2.45) is 0 Å². The van der Waals surface area contributed by atoms with E-state index in [4.69, 9.17) is 11.6 Å². The maximum absolute atomic E-state index is 9.62. The molecule has 0 saturated carbocycles. The fraction of sp³-hybridized carbons (Fsp3) is 1.00. The van der Waals surface area contributed by atoms with Crippen LogP contribution in [0.5, 0.6) is 0 Å². The zero-order valence-electron chi connectivity index (χ0n) is 3.46. The molecule has 0 aromatic rings. The summed E-state index contributed by atoms with van der Waals surface area (Å²) in [5.41, 5.74) is 0. The summed E-state index contributed by atoms with van der Waals surface area (Å²) in [6.07, 6.45) is -0.450. The average Bonchev–Trinajstić information content (AvgIpc) is 1.30. The summed E-state index contributed by atoms with van der Waals surface area (Å²) < 4.78 is 9.62. The molecular weight excluding hydrogens is 138 g/mol. The Kier molecular flexibility index (Phi) is 2.84. The summed E-state index contributed by atoms with van der Waals surface area (Å²) in [6.45, 7) is 0. The molecule has 0 aliphatic carbocycles. The van der Waals surface area contributed by atoms with Crippen LogP contribution >= 0.6 is 19.2 Å². The quantitative estimate of drug-likeness (QED) is 0.372. The lowest BCUT2D eigenvalue weighted by molar-refractivity contribution is -0.313. The molecule has 44 valence electrons. The highest BCUT2D eigenvalue weighted by Crippen LogP contribution is 2.21. The largest absolute Gasteiger partial charge is 0.811 e. The molecule has 0 amide bonds. The molecule has 0 spiro atoms. The summed E-state index contributed by atoms with van der Waals surface area (Å²) >= 11 is 4.91. The molecule has 0 N–H and O–H groups in total. The van der Waals surface area contributed by atoms with Gasteiger partial charge in [0.2, 0.25) is 0 Å². The van der Waals surface area contributed by atoms with Crippen LogP contribution in [-0.2, 0) is 4.57 Å². The van der Waals surface area contributed by atoms with Crippen molar-refractivity contribution in [3.05, 3.63) is 0 Å². The smallest absolute Gasteiger partial charge is 0.0269 e. The number of halogens is 1. The molecule has 0 aliphatic rings. The summed E-state index contributed by atoms with van der Waals surface area (Å²) in [5, 5.41) is 0. The lowest BCUT2D eigenvalue weighted by atomic mass is 11.0. The lowest BCUT2D eigenvalue weighted by Gasteiger charge is -2.27. The van der Waals surface area contributed by atoms with Crippen molar-refractivity contribution < 1.29 is 14.4 Å². The van der Waals surface area contributed by atoms with E-state index in [0.29, 0.717) is 0 Å². The number of alkyl halides is 1. The molecule has 0 atom stereocenters. The fourth-order valence-electron chi connectivity index (χ4n) is 0.104. The molecule has 3 nitrogen and oxygen atoms in total. The van der Waals surface area contributed by atoms with Crippen molar-refractivity contribution in [3.8, 4) is 0 Å². The van der Waals surface area contributed by atoms with Crippen molar-refractivity contribution in [3.63, 3.8) is 0 Å². The third-order valence-electron chi connectivity index (χ3n) is 0.358. The SMILES string of the molecule is O=P([O-])([O-])CCCl. The van der Waals surface area contributed by atoms with Gasteiger partial charge in [-0.3, -0.25) is 0 Å². The van der Waals surface area contributed by atoms with E-state index in [1.807, 2.05) is 0 Å². The van der Waals surface area contributed by atoms with Crippen molar-refractivity contribution in [2.45, 2.75) is 0 Å². The van der Waals surface area contributed by atoms with Crippen LogP contribution in [0.15, 0.2) is 0 Å². The number of hydrogen-bond acceptors (Lipinski definition) is 3. The Bertz CT molecular complexity index is 86.9. The van der Waals surface area contributed by atoms with E-state index in [1.165, 1.54) is 0 Å². The van der Waals surface area contributed by atoms with Crippen LogP contribution in [0.4, 0.5) is 0 Å². The minimum Gasteiger partial charge on any atom is -0.811 e. The van der Waals surface area contributed by atoms with Crippen molar-refractivity contribution in [1.29, 1.82) is 0 Å². The zero-order chi connectivity index (χ0) is 5.91. The number of rotatable bonds is 2. The van der Waals surface area contributed by atoms with Gasteiger partial charge in [-0.15, -0.1) is 11.6 Å². The molecule has 0 heterocycles. The first kappa shape index (κ1) is 7.44. The van der Waals surface area contributed by atoms with Crippen LogP contribution < -0.4 is 9.79 Å². The monoisotopic (exact) mass is 142 g/mol. The molecule has 0 bridgehead atoms. The van der Waals surface area contributed by atoms with Gasteiger partial charge < -0.3 is 14.4 Å². The first-order chi connectivity index (χ1) is 3.06. The zero-order valence-corrected chi connectivity index (χ0v) is 5.11. The highest BCUT2D eigenvalue weighted by Gasteiger charge is 1.84. The molecule has 0 saturated heterocycles. The second kappa shape index (κ2) is 2.68. The molecule has 0 fully saturated rings. The Balaban J connectivity index is 3.36. The van der Waals surface area contributed by atoms with Gasteiger partial charge in [-0.2, -0.15) is 0 Å². The van der Waals surface area contributed by atoms with Gasteiger partial charge in [-0.1, -0.05) is 7.60 Å². The van der Waals surface area contributed by atoms with E-state index in [1.54, 1.807) is 0 Å². The summed E-state index contributed by atoms with van der Waals surface area (Å²) in [7, 11) is -4.30. The fourth-order valence-corrected chi connectivity index (χ4v) is 0.932. The van der Waals surface area contributed by atoms with E-state index in [-0.39, 0.29) is 5.88 Å². The molecular formula is C2H4ClO3P-2. The average molecular weight is 142 g/mol. The third-order valence-corrected chi connectivity index (χ3v) is 1.58. The van der Waals surface area contributed by atoms with E-state index < -0.39 is 13.8 Å². The molecule has 0 aliphatic heterocycles. The van der Waals surface area contributed by atoms with E-state index >= 15 is 0 Å². The summed E-state index contributed by atoms with van der Waals surface area (Å²) in [6, 6.07) is 0. The van der Waals surface area contributed by atoms with Gasteiger partial charge >= 0.3 is 0 Å². The Labute approximate surface area is 46.5 Å². The van der Waals surface area contributed by atoms with Crippen LogP contribution in [-0.4, -0.2) is 12.0 Å². The van der Waals surface area contributed by atoms with E-state index in [2.05, 4.69) is 0 Å². The van der Waals surface area contributed by atoms with Crippen LogP contribution in [0.25, 0.3) is 0 Å². The van der Waals surface area contributed by atoms with Gasteiger partial charge in [0.05, 0.1) is 0 Å². The van der Waals surface area contributed by atoms with E-state index in [0.717, 1.165) is 0 Å². The van der Waals surface area contributed by atoms with Gasteiger partial charge in [-0.05, 0) is 6.16 Å². The predicted molar refractivity (Wildman–Crippen MR) is 23.2 cm³/mol. The highest BCUT2D eigenvalue weighted by atomic mass is 35.5. The van der Waals surface area contributed by atoms with Gasteiger partial charge in [0.25, 0.3) is 0 Å². The molecule has 0 aromatic heterocycles. The normalized spacial score (nSPS) is 11.9. The first-order valence-corrected chi connectivity index (χ1v) is 3.89. The standard InChI is InChI=1S/C2H6ClO3P/c3-1-2-7(4,5)6/h1-2H2,(H2,4,5,6)/p-2. The maximum Gasteiger partial charge on any atom is 0.0269 e. The van der Waals surface area contributed by atoms with Gasteiger partial charge in [0.1, 0.15) is 0 Å². The Morgan fingerprint density at radius 2 is 2.00 bits per heavy atom. The molecule has 0 radical (unpaired) electrons. The maximum atomic E-state index is 9.62. The van der Waals surface area contributed by atoms with Gasteiger partial charge in [0.15, 0.2) is 0 Å². The number of hydrogen-bond donors (Lipinski definition) is 0. The van der Waals surface area contributed by atoms with Gasteiger partial charge in [-0.25, -0.2) is 0 Å². The Morgan fingerprint density at radius 1 is 1.57 bits per heavy atom. The minimum atomic E-state index is -4.30. The second-order valence-electron chi connectivity index (χ2n) is 1.02. The molecule has 0 rings (SSSR count). The van der Waals surface area contributed by atoms with Crippen molar-refractivity contribution in [1.82, 2.24) is 0 Å². The van der Waals surface area contributed by atoms with Gasteiger partial charge in [0, 0.05) is 5.88 Å². The van der Waals surface area contributed by atoms with Crippen LogP contribution in [0.1, 0.15) is 0 Å². The Morgan fingerprint density at radius 3 is 2.00 bits per heavy atom. The third kappa shape index (κ3) is 6.44. The van der Waals surface area contributed by atoms with Crippen LogP contribution in [0, 0.1) is 0 Å². The first-order valence-electron chi connectivity index (χ1n) is 1.63. The second-order valence-corrected chi connectivity index (χ2v) is 3.07. The topological polar surface area (TPSA) is 63.2 Å². The van der Waals surface area contributed by atoms with E-state index in [9.17, 15) is 14.4 Å². The molecule has 7 heavy (non-hydrogen) atoms. The van der Waals surface area contributed by atoms with Crippen LogP contribution in [0.2, 0.25) is 0 Å². The Hall–Kier alpha value is 0.440.